The van der Waals surface area contributed by atoms with E-state index in [4.69, 9.17) is 0 Å². The molecule has 0 atom stereocenters. The number of benzene rings is 1. The monoisotopic (exact) mass is 151 g/mol. The lowest BCUT2D eigenvalue weighted by Crippen LogP contribution is -1.82. The molecule has 58 valence electrons. The summed E-state index contributed by atoms with van der Waals surface area (Å²) in [6.07, 6.45) is 0.981. The molecule has 1 rings (SSSR count). The fourth-order valence-electron chi connectivity index (χ4n) is 0.829. The molecule has 0 radical (unpaired) electrons. The molecule has 0 heterocycles. The number of rotatable bonds is 3. The van der Waals surface area contributed by atoms with Gasteiger partial charge in [-0.05, 0) is 24.1 Å². The van der Waals surface area contributed by atoms with Crippen LogP contribution in [0, 0.1) is 4.91 Å². The van der Waals surface area contributed by atoms with Gasteiger partial charge in [0.2, 0.25) is 0 Å². The molecule has 0 amide bonds. The third kappa shape index (κ3) is 2.04. The van der Waals surface area contributed by atoms with E-state index in [1.165, 1.54) is 5.56 Å². The molecular weight excluding hydrogens is 142 g/mol. The second-order valence-corrected chi connectivity index (χ2v) is 2.16. The Kier molecular flexibility index (Phi) is 2.60. The first-order valence-electron chi connectivity index (χ1n) is 3.45. The molecule has 0 aliphatic rings. The molecule has 1 aromatic carbocycles. The van der Waals surface area contributed by atoms with Gasteiger partial charge in [-0.1, -0.05) is 19.1 Å². The predicted molar refractivity (Wildman–Crippen MR) is 42.2 cm³/mol. The van der Waals surface area contributed by atoms with Gasteiger partial charge in [-0.2, -0.15) is 0 Å². The smallest absolute Gasteiger partial charge is 0.161 e. The van der Waals surface area contributed by atoms with Crippen molar-refractivity contribution in [3.8, 4) is 5.75 Å². The molecule has 3 nitrogen and oxygen atoms in total. The van der Waals surface area contributed by atoms with Gasteiger partial charge in [0.1, 0.15) is 0 Å². The van der Waals surface area contributed by atoms with Crippen molar-refractivity contribution in [3.05, 3.63) is 34.7 Å². The van der Waals surface area contributed by atoms with Crippen LogP contribution in [0.25, 0.3) is 0 Å². The van der Waals surface area contributed by atoms with Crippen LogP contribution in [-0.2, 0) is 6.42 Å². The molecule has 0 aliphatic heterocycles. The average Bonchev–Trinajstić information content (AvgIpc) is 2.07. The van der Waals surface area contributed by atoms with Crippen LogP contribution in [-0.4, -0.2) is 0 Å². The maximum atomic E-state index is 9.66. The third-order valence-electron chi connectivity index (χ3n) is 1.47. The van der Waals surface area contributed by atoms with E-state index < -0.39 is 0 Å². The maximum Gasteiger partial charge on any atom is 0.161 e. The van der Waals surface area contributed by atoms with E-state index in [-0.39, 0.29) is 0 Å². The fraction of sp³-hybridized carbons (Fsp3) is 0.250. The lowest BCUT2D eigenvalue weighted by molar-refractivity contribution is 0.335. The first-order valence-corrected chi connectivity index (χ1v) is 3.45. The summed E-state index contributed by atoms with van der Waals surface area (Å²) in [6.45, 7) is 2.06. The highest BCUT2D eigenvalue weighted by molar-refractivity contribution is 5.26. The molecule has 0 fully saturated rings. The second-order valence-electron chi connectivity index (χ2n) is 2.16. The van der Waals surface area contributed by atoms with Gasteiger partial charge >= 0.3 is 0 Å². The Morgan fingerprint density at radius 3 is 2.45 bits per heavy atom. The van der Waals surface area contributed by atoms with Crippen LogP contribution in [0.3, 0.4) is 0 Å². The molecule has 0 aromatic heterocycles. The highest BCUT2D eigenvalue weighted by atomic mass is 16.7. The minimum Gasteiger partial charge on any atom is -0.324 e. The standard InChI is InChI=1S/C8H9NO2/c1-2-7-3-5-8(6-4-7)11-9-10/h3-6H,2H2,1H3. The highest BCUT2D eigenvalue weighted by Gasteiger charge is 1.92. The van der Waals surface area contributed by atoms with Crippen LogP contribution in [0.4, 0.5) is 0 Å². The maximum absolute atomic E-state index is 9.66. The Morgan fingerprint density at radius 2 is 2.00 bits per heavy atom. The first kappa shape index (κ1) is 7.72. The van der Waals surface area contributed by atoms with Gasteiger partial charge in [0, 0.05) is 0 Å². The van der Waals surface area contributed by atoms with E-state index in [1.54, 1.807) is 12.1 Å². The number of aryl methyl sites for hydroxylation is 1. The summed E-state index contributed by atoms with van der Waals surface area (Å²) < 4.78 is 0. The Labute approximate surface area is 64.9 Å². The van der Waals surface area contributed by atoms with Crippen molar-refractivity contribution in [3.63, 3.8) is 0 Å². The first-order chi connectivity index (χ1) is 5.36. The molecule has 11 heavy (non-hydrogen) atoms. The van der Waals surface area contributed by atoms with Crippen molar-refractivity contribution in [1.82, 2.24) is 0 Å². The molecule has 0 spiro atoms. The Hall–Kier alpha value is -1.38. The van der Waals surface area contributed by atoms with E-state index in [0.29, 0.717) is 5.75 Å². The van der Waals surface area contributed by atoms with Crippen molar-refractivity contribution < 1.29 is 4.84 Å². The molecule has 3 heteroatoms. The van der Waals surface area contributed by atoms with Crippen molar-refractivity contribution in [2.75, 3.05) is 0 Å². The van der Waals surface area contributed by atoms with Crippen LogP contribution in [0.1, 0.15) is 12.5 Å². The van der Waals surface area contributed by atoms with E-state index >= 15 is 0 Å². The van der Waals surface area contributed by atoms with Crippen LogP contribution in [0.15, 0.2) is 29.6 Å². The zero-order valence-corrected chi connectivity index (χ0v) is 6.28. The molecule has 0 saturated heterocycles. The summed E-state index contributed by atoms with van der Waals surface area (Å²) >= 11 is 0. The minimum absolute atomic E-state index is 0.484. The topological polar surface area (TPSA) is 38.7 Å². The van der Waals surface area contributed by atoms with Crippen molar-refractivity contribution in [1.29, 1.82) is 0 Å². The molecule has 0 unspecified atom stereocenters. The SMILES string of the molecule is CCc1ccc(ON=O)cc1. The quantitative estimate of drug-likeness (QED) is 0.491. The molecule has 0 N–H and O–H groups in total. The van der Waals surface area contributed by atoms with Crippen molar-refractivity contribution in [2.45, 2.75) is 13.3 Å². The largest absolute Gasteiger partial charge is 0.324 e. The summed E-state index contributed by atoms with van der Waals surface area (Å²) in [6, 6.07) is 7.25. The zero-order valence-electron chi connectivity index (χ0n) is 6.28. The van der Waals surface area contributed by atoms with Crippen molar-refractivity contribution in [2.24, 2.45) is 5.34 Å². The number of hydrogen-bond donors (Lipinski definition) is 0. The second kappa shape index (κ2) is 3.71. The fourth-order valence-corrected chi connectivity index (χ4v) is 0.829. The lowest BCUT2D eigenvalue weighted by atomic mass is 10.2. The molecular formula is C8H9NO2. The van der Waals surface area contributed by atoms with E-state index in [9.17, 15) is 4.91 Å². The summed E-state index contributed by atoms with van der Waals surface area (Å²) in [5, 5.41) is 2.31. The van der Waals surface area contributed by atoms with Gasteiger partial charge in [-0.3, -0.25) is 0 Å². The van der Waals surface area contributed by atoms with E-state index in [0.717, 1.165) is 6.42 Å². The lowest BCUT2D eigenvalue weighted by Gasteiger charge is -1.96. The highest BCUT2D eigenvalue weighted by Crippen LogP contribution is 2.12. The summed E-state index contributed by atoms with van der Waals surface area (Å²) in [5.74, 6) is 0.484. The summed E-state index contributed by atoms with van der Waals surface area (Å²) in [5.41, 5.74) is 1.21. The van der Waals surface area contributed by atoms with Crippen molar-refractivity contribution >= 4 is 0 Å². The predicted octanol–water partition coefficient (Wildman–Crippen LogP) is 2.31. The summed E-state index contributed by atoms with van der Waals surface area (Å²) in [4.78, 5) is 14.0. The molecule has 1 aromatic rings. The normalized spacial score (nSPS) is 9.18. The minimum atomic E-state index is 0.484. The van der Waals surface area contributed by atoms with Gasteiger partial charge in [0.15, 0.2) is 11.1 Å². The van der Waals surface area contributed by atoms with Gasteiger partial charge in [-0.25, -0.2) is 0 Å². The Morgan fingerprint density at radius 1 is 1.36 bits per heavy atom. The summed E-state index contributed by atoms with van der Waals surface area (Å²) in [7, 11) is 0. The number of nitrogens with zero attached hydrogens (tertiary/aromatic N) is 1. The van der Waals surface area contributed by atoms with Crippen LogP contribution in [0.2, 0.25) is 0 Å². The van der Waals surface area contributed by atoms with Gasteiger partial charge < -0.3 is 4.84 Å². The Bertz CT molecular complexity index is 230. The van der Waals surface area contributed by atoms with Gasteiger partial charge in [-0.15, -0.1) is 4.91 Å². The average molecular weight is 151 g/mol. The van der Waals surface area contributed by atoms with E-state index in [2.05, 4.69) is 17.1 Å². The third-order valence-corrected chi connectivity index (χ3v) is 1.47. The van der Waals surface area contributed by atoms with Gasteiger partial charge in [0.05, 0.1) is 0 Å². The van der Waals surface area contributed by atoms with Crippen LogP contribution < -0.4 is 4.84 Å². The van der Waals surface area contributed by atoms with E-state index in [1.807, 2.05) is 12.1 Å². The molecule has 0 saturated carbocycles. The molecule has 0 aliphatic carbocycles. The molecule has 0 bridgehead atoms. The Balaban J connectivity index is 2.74. The number of hydrogen-bond acceptors (Lipinski definition) is 3. The van der Waals surface area contributed by atoms with Crippen LogP contribution in [0.5, 0.6) is 5.75 Å². The van der Waals surface area contributed by atoms with Crippen LogP contribution >= 0.6 is 0 Å². The van der Waals surface area contributed by atoms with Gasteiger partial charge in [0.25, 0.3) is 0 Å². The zero-order chi connectivity index (χ0) is 8.10.